The zero-order chi connectivity index (χ0) is 37.7. The van der Waals surface area contributed by atoms with Crippen LogP contribution in [0.4, 0.5) is 18.9 Å². The number of alkyl halides is 3. The van der Waals surface area contributed by atoms with Gasteiger partial charge in [-0.05, 0) is 60.5 Å². The van der Waals surface area contributed by atoms with Crippen molar-refractivity contribution in [3.05, 3.63) is 94.5 Å². The van der Waals surface area contributed by atoms with Crippen LogP contribution in [0, 0.1) is 5.41 Å². The number of guanidine groups is 1. The lowest BCUT2D eigenvalue weighted by Crippen LogP contribution is -2.45. The minimum Gasteiger partial charge on any atom is -0.492 e. The monoisotopic (exact) mass is 740 g/mol. The molecule has 0 spiro atoms. The van der Waals surface area contributed by atoms with Crippen LogP contribution in [0.3, 0.4) is 0 Å². The Kier molecular flexibility index (Phi) is 13.9. The maximum absolute atomic E-state index is 13.5. The molecule has 2 N–H and O–H groups in total. The first-order chi connectivity index (χ1) is 24.7. The summed E-state index contributed by atoms with van der Waals surface area (Å²) >= 11 is 6.48. The Morgan fingerprint density at radius 1 is 1.08 bits per heavy atom. The van der Waals surface area contributed by atoms with Crippen molar-refractivity contribution in [1.82, 2.24) is 10.2 Å². The third kappa shape index (κ3) is 12.8. The molecule has 52 heavy (non-hydrogen) atoms. The number of amides is 2. The normalized spacial score (nSPS) is 17.0. The maximum atomic E-state index is 13.5. The molecule has 276 valence electrons. The number of ether oxygens (including phenoxy) is 2. The number of ketones is 1. The van der Waals surface area contributed by atoms with E-state index in [1.165, 1.54) is 24.3 Å². The highest BCUT2D eigenvalue weighted by atomic mass is 35.5. The number of hydrogen-bond acceptors (Lipinski definition) is 9. The van der Waals surface area contributed by atoms with Gasteiger partial charge in [-0.25, -0.2) is 9.98 Å². The summed E-state index contributed by atoms with van der Waals surface area (Å²) in [6.45, 7) is 6.66. The van der Waals surface area contributed by atoms with Gasteiger partial charge in [0.1, 0.15) is 5.75 Å². The molecule has 7 rings (SSSR count). The fourth-order valence-corrected chi connectivity index (χ4v) is 5.34. The Labute approximate surface area is 305 Å². The summed E-state index contributed by atoms with van der Waals surface area (Å²) in [5, 5.41) is 5.85. The SMILES string of the molecule is C=NC1=NCc2ccc(c(Cl)c2)OCCCN(C(=O)CCC(=O)c2ccccc2)CC(C)(C)CNC(=O)c2ccc(cc2)N/C(OCC(F)(F)F)=N\1. The second kappa shape index (κ2) is 18.3. The Balaban J connectivity index is 1.57. The molecule has 4 bridgehead atoms. The van der Waals surface area contributed by atoms with Crippen LogP contribution in [0.25, 0.3) is 0 Å². The van der Waals surface area contributed by atoms with Crippen molar-refractivity contribution in [2.45, 2.75) is 45.8 Å². The largest absolute Gasteiger partial charge is 0.492 e. The molecule has 4 aliphatic heterocycles. The van der Waals surface area contributed by atoms with Gasteiger partial charge in [0.2, 0.25) is 11.9 Å². The number of rotatable bonds is 5. The third-order valence-corrected chi connectivity index (χ3v) is 8.00. The molecule has 2 amide bonds. The highest BCUT2D eigenvalue weighted by Crippen LogP contribution is 2.26. The van der Waals surface area contributed by atoms with Crippen molar-refractivity contribution in [2.24, 2.45) is 20.4 Å². The molecule has 3 aromatic carbocycles. The molecule has 0 fully saturated rings. The van der Waals surface area contributed by atoms with E-state index in [-0.39, 0.29) is 68.0 Å². The van der Waals surface area contributed by atoms with Crippen molar-refractivity contribution < 1.29 is 37.0 Å². The van der Waals surface area contributed by atoms with E-state index in [9.17, 15) is 27.6 Å². The second-order valence-electron chi connectivity index (χ2n) is 12.7. The van der Waals surface area contributed by atoms with Gasteiger partial charge in [0.15, 0.2) is 12.4 Å². The van der Waals surface area contributed by atoms with Gasteiger partial charge < -0.3 is 25.0 Å². The molecule has 0 unspecified atom stereocenters. The van der Waals surface area contributed by atoms with Gasteiger partial charge in [0, 0.05) is 49.3 Å². The predicted octanol–water partition coefficient (Wildman–Crippen LogP) is 6.97. The number of nitrogens with zero attached hydrogens (tertiary/aromatic N) is 4. The fourth-order valence-electron chi connectivity index (χ4n) is 5.08. The number of hydrogen-bond donors (Lipinski definition) is 2. The van der Waals surface area contributed by atoms with E-state index in [1.54, 1.807) is 47.4 Å². The number of carbonyl (C=O) groups excluding carboxylic acids is 3. The number of benzene rings is 3. The smallest absolute Gasteiger partial charge is 0.422 e. The molecular formula is C37H40ClF3N6O5. The Bertz CT molecular complexity index is 1780. The molecule has 4 aliphatic rings. The van der Waals surface area contributed by atoms with Crippen molar-refractivity contribution in [3.8, 4) is 5.75 Å². The van der Waals surface area contributed by atoms with Crippen LogP contribution in [0.15, 0.2) is 87.8 Å². The van der Waals surface area contributed by atoms with E-state index < -0.39 is 30.1 Å². The Morgan fingerprint density at radius 3 is 2.48 bits per heavy atom. The van der Waals surface area contributed by atoms with Crippen molar-refractivity contribution in [2.75, 3.05) is 38.2 Å². The molecule has 4 heterocycles. The van der Waals surface area contributed by atoms with E-state index in [4.69, 9.17) is 21.1 Å². The molecule has 3 aromatic rings. The van der Waals surface area contributed by atoms with Crippen molar-refractivity contribution >= 4 is 53.6 Å². The molecule has 15 heteroatoms. The van der Waals surface area contributed by atoms with Crippen molar-refractivity contribution in [3.63, 3.8) is 0 Å². The average molecular weight is 741 g/mol. The molecular weight excluding hydrogens is 701 g/mol. The van der Waals surface area contributed by atoms with Crippen LogP contribution in [-0.4, -0.2) is 80.2 Å². The number of amidine groups is 1. The molecule has 0 saturated heterocycles. The summed E-state index contributed by atoms with van der Waals surface area (Å²) in [4.78, 5) is 52.9. The number of halogens is 4. The summed E-state index contributed by atoms with van der Waals surface area (Å²) in [6.07, 6.45) is -4.13. The van der Waals surface area contributed by atoms with Crippen molar-refractivity contribution in [1.29, 1.82) is 0 Å². The van der Waals surface area contributed by atoms with Crippen LogP contribution < -0.4 is 15.4 Å². The number of carbonyl (C=O) groups is 3. The first kappa shape index (κ1) is 39.5. The Morgan fingerprint density at radius 2 is 1.81 bits per heavy atom. The summed E-state index contributed by atoms with van der Waals surface area (Å²) in [5.41, 5.74) is 1.15. The molecule has 0 saturated carbocycles. The van der Waals surface area contributed by atoms with Gasteiger partial charge in [0.25, 0.3) is 11.9 Å². The molecule has 0 aliphatic carbocycles. The average Bonchev–Trinajstić information content (AvgIpc) is 3.11. The first-order valence-electron chi connectivity index (χ1n) is 16.4. The second-order valence-corrected chi connectivity index (χ2v) is 13.1. The summed E-state index contributed by atoms with van der Waals surface area (Å²) < 4.78 is 49.9. The van der Waals surface area contributed by atoms with Crippen LogP contribution in [0.2, 0.25) is 5.02 Å². The minimum absolute atomic E-state index is 0.00778. The van der Waals surface area contributed by atoms with E-state index in [1.807, 2.05) is 19.9 Å². The van der Waals surface area contributed by atoms with Gasteiger partial charge in [-0.2, -0.15) is 18.2 Å². The minimum atomic E-state index is -4.65. The summed E-state index contributed by atoms with van der Waals surface area (Å²) in [6, 6.07) is 19.2. The zero-order valence-corrected chi connectivity index (χ0v) is 29.6. The van der Waals surface area contributed by atoms with E-state index in [0.717, 1.165) is 0 Å². The van der Waals surface area contributed by atoms with E-state index >= 15 is 0 Å². The van der Waals surface area contributed by atoms with Gasteiger partial charge in [0.05, 0.1) is 18.2 Å². The van der Waals surface area contributed by atoms with Gasteiger partial charge in [-0.1, -0.05) is 61.8 Å². The summed E-state index contributed by atoms with van der Waals surface area (Å²) in [5.74, 6) is -0.585. The van der Waals surface area contributed by atoms with E-state index in [0.29, 0.717) is 34.9 Å². The highest BCUT2D eigenvalue weighted by molar-refractivity contribution is 6.32. The number of nitrogens with one attached hydrogen (secondary N) is 2. The Hall–Kier alpha value is -5.24. The zero-order valence-electron chi connectivity index (χ0n) is 28.8. The lowest BCUT2D eigenvalue weighted by molar-refractivity contribution is -0.156. The molecule has 0 radical (unpaired) electrons. The highest BCUT2D eigenvalue weighted by Gasteiger charge is 2.30. The lowest BCUT2D eigenvalue weighted by Gasteiger charge is -2.33. The van der Waals surface area contributed by atoms with Crippen LogP contribution in [0.1, 0.15) is 59.4 Å². The molecule has 0 atom stereocenters. The third-order valence-electron chi connectivity index (χ3n) is 7.70. The number of aliphatic imine (C=N–C) groups is 3. The first-order valence-corrected chi connectivity index (χ1v) is 16.8. The number of Topliss-reactive ketones (excluding diaryl/α,β-unsaturated/α-hetero) is 1. The quantitative estimate of drug-likeness (QED) is 0.214. The van der Waals surface area contributed by atoms with Gasteiger partial charge in [-0.15, -0.1) is 0 Å². The number of anilines is 1. The summed E-state index contributed by atoms with van der Waals surface area (Å²) in [7, 11) is 0. The van der Waals surface area contributed by atoms with Gasteiger partial charge in [-0.3, -0.25) is 14.4 Å². The van der Waals surface area contributed by atoms with Crippen LogP contribution in [-0.2, 0) is 16.1 Å². The van der Waals surface area contributed by atoms with Crippen LogP contribution >= 0.6 is 11.6 Å². The standard InChI is InChI=1S/C37H40ClF3N6O5/c1-36(2)22-44-33(50)27-11-13-28(14-12-27)45-35(52-24-37(39,40)41)46-34(42-3)43-21-25-10-16-31(29(38)20-25)51-19-7-18-47(23-36)32(49)17-15-30(48)26-8-5-4-6-9-26/h4-6,8-14,16,20H,3,7,15,17-19,21-24H2,1-2H3,(H,44,50)(H,43,45,46). The van der Waals surface area contributed by atoms with Crippen LogP contribution in [0.5, 0.6) is 5.75 Å². The molecule has 11 nitrogen and oxygen atoms in total. The maximum Gasteiger partial charge on any atom is 0.422 e. The lowest BCUT2D eigenvalue weighted by atomic mass is 9.92. The molecule has 0 aromatic heterocycles. The van der Waals surface area contributed by atoms with Gasteiger partial charge >= 0.3 is 6.18 Å². The topological polar surface area (TPSA) is 134 Å². The fraction of sp³-hybridized carbons (Fsp3) is 0.351. The van der Waals surface area contributed by atoms with E-state index in [2.05, 4.69) is 32.3 Å². The predicted molar refractivity (Wildman–Crippen MR) is 194 cm³/mol.